The molecule has 0 aliphatic carbocycles. The highest BCUT2D eigenvalue weighted by molar-refractivity contribution is 9.10. The molecule has 5 nitrogen and oxygen atoms in total. The minimum Gasteiger partial charge on any atom is -0.443 e. The molecule has 1 aromatic rings. The van der Waals surface area contributed by atoms with Crippen molar-refractivity contribution >= 4 is 27.9 Å². The predicted octanol–water partition coefficient (Wildman–Crippen LogP) is 2.76. The smallest absolute Gasteiger partial charge is 0.426 e. The zero-order chi connectivity index (χ0) is 14.6. The number of hydrogen-bond acceptors (Lipinski definition) is 3. The Balaban J connectivity index is 2.59. The summed E-state index contributed by atoms with van der Waals surface area (Å²) in [7, 11) is 0. The van der Waals surface area contributed by atoms with E-state index in [4.69, 9.17) is 4.74 Å². The lowest BCUT2D eigenvalue weighted by molar-refractivity contribution is 0.0483. The van der Waals surface area contributed by atoms with E-state index in [9.17, 15) is 14.0 Å². The van der Waals surface area contributed by atoms with E-state index in [1.807, 2.05) is 5.43 Å². The largest absolute Gasteiger partial charge is 0.443 e. The highest BCUT2D eigenvalue weighted by Gasteiger charge is 2.17. The van der Waals surface area contributed by atoms with Crippen LogP contribution in [-0.4, -0.2) is 17.6 Å². The van der Waals surface area contributed by atoms with Crippen LogP contribution in [0.1, 0.15) is 31.1 Å². The van der Waals surface area contributed by atoms with Gasteiger partial charge in [0.15, 0.2) is 0 Å². The molecule has 0 atom stereocenters. The third kappa shape index (κ3) is 5.25. The van der Waals surface area contributed by atoms with Crippen LogP contribution in [0.25, 0.3) is 0 Å². The molecule has 0 heterocycles. The Morgan fingerprint density at radius 2 is 1.89 bits per heavy atom. The van der Waals surface area contributed by atoms with Gasteiger partial charge < -0.3 is 4.74 Å². The Kier molecular flexibility index (Phi) is 4.88. The van der Waals surface area contributed by atoms with Crippen molar-refractivity contribution in [3.63, 3.8) is 0 Å². The molecule has 7 heteroatoms. The number of carbonyl (C=O) groups excluding carboxylic acids is 2. The lowest BCUT2D eigenvalue weighted by Crippen LogP contribution is -2.44. The molecule has 0 unspecified atom stereocenters. The Labute approximate surface area is 118 Å². The summed E-state index contributed by atoms with van der Waals surface area (Å²) in [6.45, 7) is 5.05. The third-order valence-electron chi connectivity index (χ3n) is 1.85. The van der Waals surface area contributed by atoms with Crippen LogP contribution in [0.2, 0.25) is 0 Å². The molecular weight excluding hydrogens is 319 g/mol. The Bertz CT molecular complexity index is 500. The maximum Gasteiger partial charge on any atom is 0.426 e. The Morgan fingerprint density at radius 3 is 2.42 bits per heavy atom. The molecule has 0 aromatic heterocycles. The number of halogens is 2. The van der Waals surface area contributed by atoms with E-state index in [-0.39, 0.29) is 5.56 Å². The molecule has 1 aromatic carbocycles. The van der Waals surface area contributed by atoms with Crippen molar-refractivity contribution in [3.8, 4) is 0 Å². The van der Waals surface area contributed by atoms with E-state index in [0.717, 1.165) is 6.07 Å². The molecule has 0 saturated heterocycles. The van der Waals surface area contributed by atoms with Crippen LogP contribution in [-0.2, 0) is 4.74 Å². The first-order valence-corrected chi connectivity index (χ1v) is 6.23. The topological polar surface area (TPSA) is 67.4 Å². The van der Waals surface area contributed by atoms with E-state index in [1.54, 1.807) is 20.8 Å². The van der Waals surface area contributed by atoms with Gasteiger partial charge in [-0.05, 0) is 39.0 Å². The summed E-state index contributed by atoms with van der Waals surface area (Å²) < 4.78 is 18.9. The highest BCUT2D eigenvalue weighted by Crippen LogP contribution is 2.15. The molecular formula is C12H14BrFN2O3. The monoisotopic (exact) mass is 332 g/mol. The number of ether oxygens (including phenoxy) is 1. The van der Waals surface area contributed by atoms with Gasteiger partial charge >= 0.3 is 6.09 Å². The summed E-state index contributed by atoms with van der Waals surface area (Å²) in [5, 5.41) is 0. The molecule has 1 rings (SSSR count). The SMILES string of the molecule is CC(C)(C)OC(=O)NNC(=O)c1ccc(Br)cc1F. The van der Waals surface area contributed by atoms with Crippen LogP contribution in [0.15, 0.2) is 22.7 Å². The fourth-order valence-corrected chi connectivity index (χ4v) is 1.49. The van der Waals surface area contributed by atoms with E-state index in [0.29, 0.717) is 4.47 Å². The van der Waals surface area contributed by atoms with E-state index < -0.39 is 23.4 Å². The van der Waals surface area contributed by atoms with Crippen LogP contribution in [0.5, 0.6) is 0 Å². The summed E-state index contributed by atoms with van der Waals surface area (Å²) in [5.74, 6) is -1.46. The van der Waals surface area contributed by atoms with Gasteiger partial charge in [-0.3, -0.25) is 10.2 Å². The lowest BCUT2D eigenvalue weighted by atomic mass is 10.2. The standard InChI is InChI=1S/C12H14BrFN2O3/c1-12(2,3)19-11(18)16-15-10(17)8-5-4-7(13)6-9(8)14/h4-6H,1-3H3,(H,15,17)(H,16,18). The molecule has 2 N–H and O–H groups in total. The number of rotatable bonds is 1. The predicted molar refractivity (Wildman–Crippen MR) is 70.9 cm³/mol. The zero-order valence-corrected chi connectivity index (χ0v) is 12.3. The summed E-state index contributed by atoms with van der Waals surface area (Å²) in [5.41, 5.74) is 3.24. The van der Waals surface area contributed by atoms with Gasteiger partial charge in [0, 0.05) is 4.47 Å². The van der Waals surface area contributed by atoms with Crippen molar-refractivity contribution in [1.29, 1.82) is 0 Å². The zero-order valence-electron chi connectivity index (χ0n) is 10.7. The first-order valence-electron chi connectivity index (χ1n) is 5.43. The first kappa shape index (κ1) is 15.4. The van der Waals surface area contributed by atoms with Crippen molar-refractivity contribution in [2.24, 2.45) is 0 Å². The van der Waals surface area contributed by atoms with Crippen molar-refractivity contribution in [2.75, 3.05) is 0 Å². The molecule has 0 fully saturated rings. The number of amides is 2. The van der Waals surface area contributed by atoms with E-state index in [1.165, 1.54) is 12.1 Å². The van der Waals surface area contributed by atoms with Crippen molar-refractivity contribution in [1.82, 2.24) is 10.9 Å². The molecule has 0 bridgehead atoms. The van der Waals surface area contributed by atoms with Crippen molar-refractivity contribution in [3.05, 3.63) is 34.1 Å². The van der Waals surface area contributed by atoms with Gasteiger partial charge in [0.2, 0.25) is 0 Å². The molecule has 19 heavy (non-hydrogen) atoms. The number of carbonyl (C=O) groups is 2. The van der Waals surface area contributed by atoms with Gasteiger partial charge in [0.05, 0.1) is 5.56 Å². The average molecular weight is 333 g/mol. The number of hydrogen-bond donors (Lipinski definition) is 2. The molecule has 0 spiro atoms. The summed E-state index contributed by atoms with van der Waals surface area (Å²) in [6, 6.07) is 3.97. The number of hydrazine groups is 1. The van der Waals surface area contributed by atoms with Gasteiger partial charge in [-0.1, -0.05) is 15.9 Å². The van der Waals surface area contributed by atoms with E-state index >= 15 is 0 Å². The summed E-state index contributed by atoms with van der Waals surface area (Å²) >= 11 is 3.08. The van der Waals surface area contributed by atoms with Gasteiger partial charge in [-0.2, -0.15) is 0 Å². The molecule has 2 amide bonds. The van der Waals surface area contributed by atoms with Crippen LogP contribution in [0.3, 0.4) is 0 Å². The van der Waals surface area contributed by atoms with Gasteiger partial charge in [-0.15, -0.1) is 0 Å². The second-order valence-electron chi connectivity index (χ2n) is 4.71. The maximum atomic E-state index is 13.5. The summed E-state index contributed by atoms with van der Waals surface area (Å²) in [4.78, 5) is 22.9. The quantitative estimate of drug-likeness (QED) is 0.777. The first-order chi connectivity index (χ1) is 8.69. The van der Waals surface area contributed by atoms with Crippen LogP contribution >= 0.6 is 15.9 Å². The van der Waals surface area contributed by atoms with Crippen molar-refractivity contribution in [2.45, 2.75) is 26.4 Å². The fraction of sp³-hybridized carbons (Fsp3) is 0.333. The number of nitrogens with one attached hydrogen (secondary N) is 2. The van der Waals surface area contributed by atoms with Crippen LogP contribution in [0, 0.1) is 5.82 Å². The molecule has 104 valence electrons. The van der Waals surface area contributed by atoms with E-state index in [2.05, 4.69) is 21.4 Å². The fourth-order valence-electron chi connectivity index (χ4n) is 1.15. The normalized spacial score (nSPS) is 10.8. The second kappa shape index (κ2) is 6.01. The lowest BCUT2D eigenvalue weighted by Gasteiger charge is -2.19. The third-order valence-corrected chi connectivity index (χ3v) is 2.35. The average Bonchev–Trinajstić information content (AvgIpc) is 2.23. The molecule has 0 aliphatic rings. The maximum absolute atomic E-state index is 13.5. The van der Waals surface area contributed by atoms with Crippen LogP contribution < -0.4 is 10.9 Å². The highest BCUT2D eigenvalue weighted by atomic mass is 79.9. The van der Waals surface area contributed by atoms with Gasteiger partial charge in [-0.25, -0.2) is 14.6 Å². The van der Waals surface area contributed by atoms with Gasteiger partial charge in [0.25, 0.3) is 5.91 Å². The number of benzene rings is 1. The van der Waals surface area contributed by atoms with Crippen LogP contribution in [0.4, 0.5) is 9.18 Å². The van der Waals surface area contributed by atoms with Gasteiger partial charge in [0.1, 0.15) is 11.4 Å². The Morgan fingerprint density at radius 1 is 1.26 bits per heavy atom. The second-order valence-corrected chi connectivity index (χ2v) is 5.62. The molecule has 0 radical (unpaired) electrons. The summed E-state index contributed by atoms with van der Waals surface area (Å²) in [6.07, 6.45) is -0.821. The molecule has 0 saturated carbocycles. The minimum absolute atomic E-state index is 0.181. The minimum atomic E-state index is -0.821. The van der Waals surface area contributed by atoms with Crippen molar-refractivity contribution < 1.29 is 18.7 Å². The Hall–Kier alpha value is -1.63. The molecule has 0 aliphatic heterocycles.